The Labute approximate surface area is 116 Å². The summed E-state index contributed by atoms with van der Waals surface area (Å²) in [6.45, 7) is 2.67. The van der Waals surface area contributed by atoms with Crippen molar-refractivity contribution in [1.82, 2.24) is 5.32 Å². The number of aliphatic carboxylic acids is 1. The SMILES string of the molecule is COc1ccc(C(C)=O)cc1CC(NC(C)=O)C(=O)O. The maximum atomic E-state index is 11.4. The second-order valence-corrected chi connectivity index (χ2v) is 4.38. The molecule has 0 aliphatic carbocycles. The first kappa shape index (κ1) is 15.7. The lowest BCUT2D eigenvalue weighted by Crippen LogP contribution is -2.41. The fourth-order valence-electron chi connectivity index (χ4n) is 1.82. The van der Waals surface area contributed by atoms with Crippen molar-refractivity contribution in [1.29, 1.82) is 0 Å². The van der Waals surface area contributed by atoms with E-state index in [0.29, 0.717) is 16.9 Å². The highest BCUT2D eigenvalue weighted by molar-refractivity contribution is 5.94. The summed E-state index contributed by atoms with van der Waals surface area (Å²) in [5.74, 6) is -1.22. The number of nitrogens with one attached hydrogen (secondary N) is 1. The number of benzene rings is 1. The lowest BCUT2D eigenvalue weighted by molar-refractivity contribution is -0.141. The first-order chi connectivity index (χ1) is 9.35. The van der Waals surface area contributed by atoms with Crippen LogP contribution in [0.3, 0.4) is 0 Å². The highest BCUT2D eigenvalue weighted by Crippen LogP contribution is 2.22. The minimum absolute atomic E-state index is 0.0409. The molecule has 0 bridgehead atoms. The lowest BCUT2D eigenvalue weighted by Gasteiger charge is -2.16. The molecule has 0 spiro atoms. The first-order valence-corrected chi connectivity index (χ1v) is 6.03. The van der Waals surface area contributed by atoms with Crippen LogP contribution in [0.4, 0.5) is 0 Å². The average Bonchev–Trinajstić information content (AvgIpc) is 2.37. The molecule has 1 rings (SSSR count). The van der Waals surface area contributed by atoms with Crippen LogP contribution in [0.2, 0.25) is 0 Å². The molecule has 6 heteroatoms. The number of carboxylic acid groups (broad SMARTS) is 1. The van der Waals surface area contributed by atoms with E-state index >= 15 is 0 Å². The van der Waals surface area contributed by atoms with Crippen molar-refractivity contribution in [3.05, 3.63) is 29.3 Å². The summed E-state index contributed by atoms with van der Waals surface area (Å²) in [5, 5.41) is 11.5. The van der Waals surface area contributed by atoms with Crippen LogP contribution in [0.15, 0.2) is 18.2 Å². The highest BCUT2D eigenvalue weighted by Gasteiger charge is 2.21. The number of rotatable bonds is 6. The van der Waals surface area contributed by atoms with Gasteiger partial charge in [0.25, 0.3) is 0 Å². The van der Waals surface area contributed by atoms with E-state index in [1.54, 1.807) is 18.2 Å². The van der Waals surface area contributed by atoms with Crippen molar-refractivity contribution in [2.45, 2.75) is 26.3 Å². The Bertz CT molecular complexity index is 538. The fraction of sp³-hybridized carbons (Fsp3) is 0.357. The molecular weight excluding hydrogens is 262 g/mol. The maximum absolute atomic E-state index is 11.4. The van der Waals surface area contributed by atoms with Gasteiger partial charge in [0, 0.05) is 18.9 Å². The van der Waals surface area contributed by atoms with Gasteiger partial charge in [-0.05, 0) is 30.7 Å². The van der Waals surface area contributed by atoms with Crippen LogP contribution < -0.4 is 10.1 Å². The molecule has 1 atom stereocenters. The molecule has 1 amide bonds. The molecule has 0 aliphatic heterocycles. The lowest BCUT2D eigenvalue weighted by atomic mass is 10.0. The van der Waals surface area contributed by atoms with Gasteiger partial charge in [-0.2, -0.15) is 0 Å². The van der Waals surface area contributed by atoms with Crippen molar-refractivity contribution >= 4 is 17.7 Å². The minimum Gasteiger partial charge on any atom is -0.496 e. The predicted octanol–water partition coefficient (Wildman–Crippen LogP) is 1.03. The van der Waals surface area contributed by atoms with E-state index < -0.39 is 17.9 Å². The second-order valence-electron chi connectivity index (χ2n) is 4.38. The summed E-state index contributed by atoms with van der Waals surface area (Å²) in [7, 11) is 1.46. The maximum Gasteiger partial charge on any atom is 0.326 e. The largest absolute Gasteiger partial charge is 0.496 e. The third kappa shape index (κ3) is 4.08. The van der Waals surface area contributed by atoms with Crippen molar-refractivity contribution in [3.8, 4) is 5.75 Å². The van der Waals surface area contributed by atoms with E-state index in [0.717, 1.165) is 0 Å². The molecule has 1 aromatic carbocycles. The van der Waals surface area contributed by atoms with Gasteiger partial charge in [-0.25, -0.2) is 4.79 Å². The summed E-state index contributed by atoms with van der Waals surface area (Å²) in [6.07, 6.45) is 0.0409. The number of methoxy groups -OCH3 is 1. The molecule has 0 saturated carbocycles. The zero-order chi connectivity index (χ0) is 15.3. The Kier molecular flexibility index (Phi) is 5.25. The van der Waals surface area contributed by atoms with E-state index in [-0.39, 0.29) is 12.2 Å². The van der Waals surface area contributed by atoms with Gasteiger partial charge < -0.3 is 15.2 Å². The van der Waals surface area contributed by atoms with E-state index in [1.807, 2.05) is 0 Å². The summed E-state index contributed by atoms with van der Waals surface area (Å²) in [4.78, 5) is 33.5. The smallest absolute Gasteiger partial charge is 0.326 e. The van der Waals surface area contributed by atoms with Crippen LogP contribution in [0.25, 0.3) is 0 Å². The highest BCUT2D eigenvalue weighted by atomic mass is 16.5. The third-order valence-electron chi connectivity index (χ3n) is 2.79. The number of carboxylic acids is 1. The number of ketones is 1. The van der Waals surface area contributed by atoms with Gasteiger partial charge in [0.2, 0.25) is 5.91 Å². The third-order valence-corrected chi connectivity index (χ3v) is 2.79. The van der Waals surface area contributed by atoms with Crippen LogP contribution in [-0.2, 0) is 16.0 Å². The number of carbonyl (C=O) groups excluding carboxylic acids is 2. The van der Waals surface area contributed by atoms with Crippen LogP contribution in [0.1, 0.15) is 29.8 Å². The molecule has 0 heterocycles. The Morgan fingerprint density at radius 1 is 1.30 bits per heavy atom. The van der Waals surface area contributed by atoms with Gasteiger partial charge in [0.15, 0.2) is 5.78 Å². The van der Waals surface area contributed by atoms with Gasteiger partial charge >= 0.3 is 5.97 Å². The number of hydrogen-bond donors (Lipinski definition) is 2. The molecule has 2 N–H and O–H groups in total. The molecule has 0 fully saturated rings. The fourth-order valence-corrected chi connectivity index (χ4v) is 1.82. The predicted molar refractivity (Wildman–Crippen MR) is 71.9 cm³/mol. The van der Waals surface area contributed by atoms with Crippen molar-refractivity contribution in [2.75, 3.05) is 7.11 Å². The topological polar surface area (TPSA) is 92.7 Å². The van der Waals surface area contributed by atoms with Crippen LogP contribution in [0.5, 0.6) is 5.75 Å². The molecular formula is C14H17NO5. The summed E-state index contributed by atoms with van der Waals surface area (Å²) < 4.78 is 5.15. The van der Waals surface area contributed by atoms with Gasteiger partial charge in [-0.15, -0.1) is 0 Å². The Morgan fingerprint density at radius 2 is 1.95 bits per heavy atom. The van der Waals surface area contributed by atoms with Gasteiger partial charge in [0.1, 0.15) is 11.8 Å². The molecule has 0 saturated heterocycles. The van der Waals surface area contributed by atoms with Gasteiger partial charge in [-0.3, -0.25) is 9.59 Å². The summed E-state index contributed by atoms with van der Waals surface area (Å²) in [5.41, 5.74) is 1.02. The van der Waals surface area contributed by atoms with Gasteiger partial charge in [-0.1, -0.05) is 0 Å². The number of amides is 1. The van der Waals surface area contributed by atoms with Gasteiger partial charge in [0.05, 0.1) is 7.11 Å². The number of Topliss-reactive ketones (excluding diaryl/α,β-unsaturated/α-hetero) is 1. The Balaban J connectivity index is 3.09. The molecule has 0 aromatic heterocycles. The van der Waals surface area contributed by atoms with Crippen molar-refractivity contribution in [2.24, 2.45) is 0 Å². The quantitative estimate of drug-likeness (QED) is 0.759. The van der Waals surface area contributed by atoms with Crippen molar-refractivity contribution in [3.63, 3.8) is 0 Å². The second kappa shape index (κ2) is 6.70. The van der Waals surface area contributed by atoms with Crippen LogP contribution >= 0.6 is 0 Å². The van der Waals surface area contributed by atoms with E-state index in [4.69, 9.17) is 9.84 Å². The van der Waals surface area contributed by atoms with Crippen LogP contribution in [0, 0.1) is 0 Å². The van der Waals surface area contributed by atoms with E-state index in [9.17, 15) is 14.4 Å². The monoisotopic (exact) mass is 279 g/mol. The Morgan fingerprint density at radius 3 is 2.40 bits per heavy atom. The van der Waals surface area contributed by atoms with E-state index in [2.05, 4.69) is 5.32 Å². The molecule has 1 unspecified atom stereocenters. The summed E-state index contributed by atoms with van der Waals surface area (Å²) >= 11 is 0. The molecule has 108 valence electrons. The van der Waals surface area contributed by atoms with E-state index in [1.165, 1.54) is 21.0 Å². The number of hydrogen-bond acceptors (Lipinski definition) is 4. The number of carbonyl (C=O) groups is 3. The molecule has 1 aromatic rings. The Hall–Kier alpha value is -2.37. The molecule has 6 nitrogen and oxygen atoms in total. The minimum atomic E-state index is -1.14. The summed E-state index contributed by atoms with van der Waals surface area (Å²) in [6, 6.07) is 3.74. The molecule has 20 heavy (non-hydrogen) atoms. The molecule has 0 radical (unpaired) electrons. The first-order valence-electron chi connectivity index (χ1n) is 6.03. The normalized spacial score (nSPS) is 11.6. The van der Waals surface area contributed by atoms with Crippen molar-refractivity contribution < 1.29 is 24.2 Å². The van der Waals surface area contributed by atoms with Crippen LogP contribution in [-0.4, -0.2) is 35.9 Å². The average molecular weight is 279 g/mol. The zero-order valence-corrected chi connectivity index (χ0v) is 11.6. The zero-order valence-electron chi connectivity index (χ0n) is 11.6. The standard InChI is InChI=1S/C14H17NO5/c1-8(16)10-4-5-13(20-3)11(6-10)7-12(14(18)19)15-9(2)17/h4-6,12H,7H2,1-3H3,(H,15,17)(H,18,19). The number of ether oxygens (including phenoxy) is 1. The molecule has 0 aliphatic rings.